The summed E-state index contributed by atoms with van der Waals surface area (Å²) in [6, 6.07) is 9.76. The molecule has 2 heterocycles. The summed E-state index contributed by atoms with van der Waals surface area (Å²) >= 11 is 1.29. The Hall–Kier alpha value is -2.41. The van der Waals surface area contributed by atoms with Gasteiger partial charge in [0, 0.05) is 10.9 Å². The van der Waals surface area contributed by atoms with Crippen LogP contribution in [0.1, 0.15) is 5.56 Å². The van der Waals surface area contributed by atoms with E-state index < -0.39 is 5.63 Å². The minimum Gasteiger partial charge on any atom is -0.375 e. The first kappa shape index (κ1) is 11.7. The fraction of sp³-hybridized carbons (Fsp3) is 0.0833. The average Bonchev–Trinajstić information content (AvgIpc) is 2.97. The molecule has 0 radical (unpaired) electrons. The van der Waals surface area contributed by atoms with Gasteiger partial charge in [0.05, 0.1) is 0 Å². The number of H-pyrrole nitrogens is 1. The predicted molar refractivity (Wildman–Crippen MR) is 70.6 cm³/mol. The van der Waals surface area contributed by atoms with Crippen molar-refractivity contribution < 1.29 is 9.20 Å². The zero-order chi connectivity index (χ0) is 13.2. The molecule has 3 aromatic rings. The second kappa shape index (κ2) is 4.69. The lowest BCUT2D eigenvalue weighted by Gasteiger charge is -1.94. The normalized spacial score (nSPS) is 10.7. The van der Waals surface area contributed by atoms with E-state index >= 15 is 0 Å². The quantitative estimate of drug-likeness (QED) is 0.698. The van der Waals surface area contributed by atoms with Crippen molar-refractivity contribution in [3.8, 4) is 11.4 Å². The van der Waals surface area contributed by atoms with Gasteiger partial charge in [-0.05, 0) is 5.27 Å². The molecule has 0 saturated carbocycles. The number of hydrogen-bond acceptors (Lipinski definition) is 5. The van der Waals surface area contributed by atoms with Crippen LogP contribution in [0, 0.1) is 0 Å². The molecule has 0 spiro atoms. The van der Waals surface area contributed by atoms with Crippen LogP contribution in [0.15, 0.2) is 45.0 Å². The molecule has 3 rings (SSSR count). The Labute approximate surface area is 112 Å². The number of hydrogen-bond donors (Lipinski definition) is 2. The van der Waals surface area contributed by atoms with Gasteiger partial charge in [-0.15, -0.1) is 11.3 Å². The molecule has 1 aromatic carbocycles. The topological polar surface area (TPSA) is 88.8 Å². The lowest BCUT2D eigenvalue weighted by molar-refractivity contribution is -0.745. The van der Waals surface area contributed by atoms with Crippen LogP contribution >= 0.6 is 11.3 Å². The third-order valence-corrected chi connectivity index (χ3v) is 3.33. The zero-order valence-electron chi connectivity index (χ0n) is 9.87. The Morgan fingerprint density at radius 2 is 2.16 bits per heavy atom. The molecular weight excluding hydrogens is 264 g/mol. The third-order valence-electron chi connectivity index (χ3n) is 2.66. The number of benzene rings is 1. The van der Waals surface area contributed by atoms with Crippen LogP contribution < -0.4 is 16.0 Å². The van der Waals surface area contributed by atoms with E-state index in [1.807, 2.05) is 30.3 Å². The van der Waals surface area contributed by atoms with Gasteiger partial charge in [-0.3, -0.25) is 4.52 Å². The van der Waals surface area contributed by atoms with Crippen LogP contribution in [0.3, 0.4) is 0 Å². The van der Waals surface area contributed by atoms with Crippen molar-refractivity contribution in [3.63, 3.8) is 0 Å². The van der Waals surface area contributed by atoms with Crippen LogP contribution in [0.5, 0.6) is 0 Å². The summed E-state index contributed by atoms with van der Waals surface area (Å²) < 4.78 is 6.45. The van der Waals surface area contributed by atoms with E-state index in [9.17, 15) is 4.79 Å². The van der Waals surface area contributed by atoms with Crippen molar-refractivity contribution in [1.82, 2.24) is 10.3 Å². The zero-order valence-corrected chi connectivity index (χ0v) is 10.7. The molecule has 0 saturated heterocycles. The van der Waals surface area contributed by atoms with E-state index in [0.29, 0.717) is 23.1 Å². The van der Waals surface area contributed by atoms with Crippen LogP contribution in [0.25, 0.3) is 11.4 Å². The molecule has 2 aromatic heterocycles. The largest absolute Gasteiger partial charge is 0.436 e. The third kappa shape index (κ3) is 2.27. The molecular formula is C12H11N4O2S+. The van der Waals surface area contributed by atoms with E-state index in [0.717, 1.165) is 5.56 Å². The van der Waals surface area contributed by atoms with E-state index in [1.54, 1.807) is 10.1 Å². The fourth-order valence-corrected chi connectivity index (χ4v) is 2.37. The summed E-state index contributed by atoms with van der Waals surface area (Å²) in [6.07, 6.45) is 0. The Morgan fingerprint density at radius 1 is 1.37 bits per heavy atom. The molecule has 0 aliphatic carbocycles. The molecule has 0 fully saturated rings. The summed E-state index contributed by atoms with van der Waals surface area (Å²) in [5, 5.41) is 4.73. The maximum Gasteiger partial charge on any atom is 0.436 e. The summed E-state index contributed by atoms with van der Waals surface area (Å²) in [4.78, 5) is 15.9. The first-order chi connectivity index (χ1) is 9.24. The summed E-state index contributed by atoms with van der Waals surface area (Å²) in [5.74, 6) is 0. The number of thiazole rings is 1. The van der Waals surface area contributed by atoms with Crippen LogP contribution in [-0.2, 0) is 6.54 Å². The Morgan fingerprint density at radius 3 is 2.84 bits per heavy atom. The molecule has 6 nitrogen and oxygen atoms in total. The highest BCUT2D eigenvalue weighted by atomic mass is 32.1. The van der Waals surface area contributed by atoms with E-state index in [2.05, 4.69) is 10.3 Å². The maximum absolute atomic E-state index is 11.7. The van der Waals surface area contributed by atoms with Crippen molar-refractivity contribution in [2.24, 2.45) is 0 Å². The standard InChI is InChI=1S/C12H10N4O2S/c13-12-14-9(7-19-12)10-11(17)18-15-16(10)6-8-4-2-1-3-5-8/h1-5,7H,6H2,(H2-,13,14,15,17)/p+1. The predicted octanol–water partition coefficient (Wildman–Crippen LogP) is 1.01. The van der Waals surface area contributed by atoms with Crippen molar-refractivity contribution >= 4 is 16.5 Å². The molecule has 96 valence electrons. The molecule has 0 atom stereocenters. The van der Waals surface area contributed by atoms with Crippen LogP contribution in [0.4, 0.5) is 5.13 Å². The number of nitrogen functional groups attached to an aromatic ring is 1. The fourth-order valence-electron chi connectivity index (χ4n) is 1.82. The van der Waals surface area contributed by atoms with Crippen molar-refractivity contribution in [2.45, 2.75) is 6.54 Å². The van der Waals surface area contributed by atoms with Gasteiger partial charge in [0.15, 0.2) is 10.8 Å². The van der Waals surface area contributed by atoms with Gasteiger partial charge in [-0.2, -0.15) is 0 Å². The summed E-state index contributed by atoms with van der Waals surface area (Å²) in [7, 11) is 0. The maximum atomic E-state index is 11.7. The van der Waals surface area contributed by atoms with Gasteiger partial charge in [0.25, 0.3) is 0 Å². The van der Waals surface area contributed by atoms with E-state index in [4.69, 9.17) is 10.3 Å². The lowest BCUT2D eigenvalue weighted by atomic mass is 10.2. The van der Waals surface area contributed by atoms with Crippen molar-refractivity contribution in [3.05, 3.63) is 51.7 Å². The highest BCUT2D eigenvalue weighted by Crippen LogP contribution is 2.17. The smallest absolute Gasteiger partial charge is 0.375 e. The first-order valence-corrected chi connectivity index (χ1v) is 6.48. The van der Waals surface area contributed by atoms with Gasteiger partial charge >= 0.3 is 11.3 Å². The Bertz CT molecular complexity index is 744. The van der Waals surface area contributed by atoms with Crippen molar-refractivity contribution in [1.29, 1.82) is 0 Å². The summed E-state index contributed by atoms with van der Waals surface area (Å²) in [6.45, 7) is 0.499. The van der Waals surface area contributed by atoms with Gasteiger partial charge in [-0.25, -0.2) is 9.78 Å². The molecule has 0 aliphatic heterocycles. The lowest BCUT2D eigenvalue weighted by Crippen LogP contribution is -2.39. The van der Waals surface area contributed by atoms with Gasteiger partial charge in [0.2, 0.25) is 6.54 Å². The SMILES string of the molecule is Nc1nc(-c2c(=O)o[nH][n+]2Cc2ccccc2)cs1. The molecule has 0 amide bonds. The Kier molecular flexibility index (Phi) is 2.88. The molecule has 0 aliphatic rings. The molecule has 0 bridgehead atoms. The average molecular weight is 275 g/mol. The van der Waals surface area contributed by atoms with E-state index in [-0.39, 0.29) is 0 Å². The number of rotatable bonds is 3. The monoisotopic (exact) mass is 275 g/mol. The summed E-state index contributed by atoms with van der Waals surface area (Å²) in [5.41, 5.74) is 7.08. The highest BCUT2D eigenvalue weighted by molar-refractivity contribution is 7.13. The highest BCUT2D eigenvalue weighted by Gasteiger charge is 2.25. The number of nitrogens with two attached hydrogens (primary N) is 1. The second-order valence-electron chi connectivity index (χ2n) is 3.97. The number of anilines is 1. The molecule has 19 heavy (non-hydrogen) atoms. The van der Waals surface area contributed by atoms with Gasteiger partial charge < -0.3 is 5.73 Å². The molecule has 3 N–H and O–H groups in total. The number of nitrogens with one attached hydrogen (secondary N) is 1. The molecule has 7 heteroatoms. The number of aromatic nitrogens is 3. The number of aromatic amines is 1. The van der Waals surface area contributed by atoms with Crippen LogP contribution in [-0.4, -0.2) is 10.3 Å². The molecule has 0 unspecified atom stereocenters. The second-order valence-corrected chi connectivity index (χ2v) is 4.86. The first-order valence-electron chi connectivity index (χ1n) is 5.60. The van der Waals surface area contributed by atoms with Crippen LogP contribution in [0.2, 0.25) is 0 Å². The van der Waals surface area contributed by atoms with Gasteiger partial charge in [0.1, 0.15) is 0 Å². The van der Waals surface area contributed by atoms with E-state index in [1.165, 1.54) is 11.3 Å². The minimum absolute atomic E-state index is 0.372. The van der Waals surface area contributed by atoms with Crippen molar-refractivity contribution in [2.75, 3.05) is 5.73 Å². The Balaban J connectivity index is 2.02. The van der Waals surface area contributed by atoms with Gasteiger partial charge in [-0.1, -0.05) is 35.0 Å². The minimum atomic E-state index is -0.457. The number of nitrogens with zero attached hydrogens (tertiary/aromatic N) is 2.